The van der Waals surface area contributed by atoms with Gasteiger partial charge in [-0.2, -0.15) is 0 Å². The number of ether oxygens (including phenoxy) is 2. The second kappa shape index (κ2) is 8.83. The summed E-state index contributed by atoms with van der Waals surface area (Å²) in [6.07, 6.45) is 2.12. The van der Waals surface area contributed by atoms with Crippen LogP contribution in [0.3, 0.4) is 0 Å². The van der Waals surface area contributed by atoms with E-state index in [2.05, 4.69) is 5.32 Å². The maximum absolute atomic E-state index is 12.4. The first kappa shape index (κ1) is 19.8. The van der Waals surface area contributed by atoms with Gasteiger partial charge >= 0.3 is 0 Å². The highest BCUT2D eigenvalue weighted by Crippen LogP contribution is 2.38. The fourth-order valence-electron chi connectivity index (χ4n) is 3.51. The van der Waals surface area contributed by atoms with E-state index in [1.54, 1.807) is 0 Å². The second-order valence-corrected chi connectivity index (χ2v) is 7.80. The van der Waals surface area contributed by atoms with Crippen molar-refractivity contribution in [2.75, 3.05) is 32.8 Å². The van der Waals surface area contributed by atoms with Gasteiger partial charge in [0.15, 0.2) is 11.5 Å². The summed E-state index contributed by atoms with van der Waals surface area (Å²) < 4.78 is 11.1. The summed E-state index contributed by atoms with van der Waals surface area (Å²) in [5.74, 6) is 1.48. The number of rotatable bonds is 5. The standard InChI is InChI=1S/C20H27ClN2O4/c1-13(2)20(25)23-7-4-15(5-8-23)19(24)22-6-3-14-11-16(21)18-17(12-14)26-9-10-27-18/h11-13,15H,3-10H2,1-2H3,(H,22,24). The molecule has 0 radical (unpaired) electrons. The molecule has 0 unspecified atom stereocenters. The smallest absolute Gasteiger partial charge is 0.225 e. The summed E-state index contributed by atoms with van der Waals surface area (Å²) in [7, 11) is 0. The van der Waals surface area contributed by atoms with Crippen LogP contribution in [0.4, 0.5) is 0 Å². The lowest BCUT2D eigenvalue weighted by atomic mass is 9.95. The van der Waals surface area contributed by atoms with Crippen LogP contribution in [0.5, 0.6) is 11.5 Å². The van der Waals surface area contributed by atoms with Gasteiger partial charge in [-0.3, -0.25) is 9.59 Å². The van der Waals surface area contributed by atoms with Gasteiger partial charge < -0.3 is 19.7 Å². The molecule has 1 fully saturated rings. The summed E-state index contributed by atoms with van der Waals surface area (Å²) in [5.41, 5.74) is 1.00. The van der Waals surface area contributed by atoms with E-state index in [9.17, 15) is 9.59 Å². The molecular weight excluding hydrogens is 368 g/mol. The van der Waals surface area contributed by atoms with Crippen LogP contribution in [0.1, 0.15) is 32.3 Å². The van der Waals surface area contributed by atoms with Crippen molar-refractivity contribution in [2.24, 2.45) is 11.8 Å². The number of hydrogen-bond donors (Lipinski definition) is 1. The molecule has 0 bridgehead atoms. The van der Waals surface area contributed by atoms with E-state index in [0.29, 0.717) is 55.8 Å². The van der Waals surface area contributed by atoms with Crippen LogP contribution in [-0.4, -0.2) is 49.6 Å². The molecule has 2 aliphatic rings. The van der Waals surface area contributed by atoms with Gasteiger partial charge in [-0.25, -0.2) is 0 Å². The number of hydrogen-bond acceptors (Lipinski definition) is 4. The molecule has 0 aromatic heterocycles. The molecule has 2 heterocycles. The Morgan fingerprint density at radius 1 is 1.22 bits per heavy atom. The number of carbonyl (C=O) groups is 2. The highest BCUT2D eigenvalue weighted by atomic mass is 35.5. The van der Waals surface area contributed by atoms with Crippen LogP contribution in [0.15, 0.2) is 12.1 Å². The van der Waals surface area contributed by atoms with Crippen molar-refractivity contribution in [3.63, 3.8) is 0 Å². The average molecular weight is 395 g/mol. The largest absolute Gasteiger partial charge is 0.486 e. The van der Waals surface area contributed by atoms with E-state index < -0.39 is 0 Å². The van der Waals surface area contributed by atoms with Crippen molar-refractivity contribution < 1.29 is 19.1 Å². The monoisotopic (exact) mass is 394 g/mol. The average Bonchev–Trinajstić information content (AvgIpc) is 2.67. The normalized spacial score (nSPS) is 17.1. The van der Waals surface area contributed by atoms with E-state index in [-0.39, 0.29) is 23.7 Å². The molecule has 2 amide bonds. The first-order valence-electron chi connectivity index (χ1n) is 9.60. The number of halogens is 1. The molecular formula is C20H27ClN2O4. The van der Waals surface area contributed by atoms with E-state index in [1.807, 2.05) is 30.9 Å². The zero-order chi connectivity index (χ0) is 19.4. The maximum atomic E-state index is 12.4. The molecule has 148 valence electrons. The van der Waals surface area contributed by atoms with Crippen molar-refractivity contribution in [3.05, 3.63) is 22.7 Å². The number of amides is 2. The predicted molar refractivity (Wildman–Crippen MR) is 103 cm³/mol. The Morgan fingerprint density at radius 2 is 1.93 bits per heavy atom. The minimum atomic E-state index is -0.0231. The van der Waals surface area contributed by atoms with E-state index >= 15 is 0 Å². The molecule has 0 atom stereocenters. The van der Waals surface area contributed by atoms with Crippen molar-refractivity contribution in [1.82, 2.24) is 10.2 Å². The number of carbonyl (C=O) groups excluding carboxylic acids is 2. The lowest BCUT2D eigenvalue weighted by Gasteiger charge is -2.32. The van der Waals surface area contributed by atoms with E-state index in [1.165, 1.54) is 0 Å². The lowest BCUT2D eigenvalue weighted by molar-refractivity contribution is -0.138. The quantitative estimate of drug-likeness (QED) is 0.833. The highest BCUT2D eigenvalue weighted by molar-refractivity contribution is 6.32. The third-order valence-corrected chi connectivity index (χ3v) is 5.32. The third-order valence-electron chi connectivity index (χ3n) is 5.04. The molecule has 7 heteroatoms. The van der Waals surface area contributed by atoms with Gasteiger partial charge in [0.1, 0.15) is 13.2 Å². The van der Waals surface area contributed by atoms with Gasteiger partial charge in [0.25, 0.3) is 0 Å². The first-order chi connectivity index (χ1) is 13.0. The van der Waals surface area contributed by atoms with Crippen molar-refractivity contribution >= 4 is 23.4 Å². The number of piperidine rings is 1. The number of nitrogens with one attached hydrogen (secondary N) is 1. The number of fused-ring (bicyclic) bond motifs is 1. The predicted octanol–water partition coefficient (Wildman–Crippen LogP) is 2.66. The summed E-state index contributed by atoms with van der Waals surface area (Å²) in [4.78, 5) is 26.3. The molecule has 1 saturated heterocycles. The van der Waals surface area contributed by atoms with E-state index in [0.717, 1.165) is 18.4 Å². The van der Waals surface area contributed by atoms with Crippen molar-refractivity contribution in [1.29, 1.82) is 0 Å². The molecule has 3 rings (SSSR count). The van der Waals surface area contributed by atoms with Gasteiger partial charge in [-0.05, 0) is 37.0 Å². The van der Waals surface area contributed by atoms with Gasteiger partial charge in [0.05, 0.1) is 5.02 Å². The van der Waals surface area contributed by atoms with Gasteiger partial charge in [0, 0.05) is 31.5 Å². The molecule has 2 aliphatic heterocycles. The van der Waals surface area contributed by atoms with Crippen LogP contribution in [0.25, 0.3) is 0 Å². The number of likely N-dealkylation sites (tertiary alicyclic amines) is 1. The summed E-state index contributed by atoms with van der Waals surface area (Å²) in [6, 6.07) is 3.78. The van der Waals surface area contributed by atoms with E-state index in [4.69, 9.17) is 21.1 Å². The third kappa shape index (κ3) is 4.86. The zero-order valence-electron chi connectivity index (χ0n) is 15.9. The van der Waals surface area contributed by atoms with Crippen LogP contribution >= 0.6 is 11.6 Å². The first-order valence-corrected chi connectivity index (χ1v) is 9.98. The molecule has 27 heavy (non-hydrogen) atoms. The fraction of sp³-hybridized carbons (Fsp3) is 0.600. The SMILES string of the molecule is CC(C)C(=O)N1CCC(C(=O)NCCc2cc(Cl)c3c(c2)OCCO3)CC1. The Hall–Kier alpha value is -1.95. The second-order valence-electron chi connectivity index (χ2n) is 7.40. The Balaban J connectivity index is 1.45. The molecule has 6 nitrogen and oxygen atoms in total. The van der Waals surface area contributed by atoms with Gasteiger partial charge in [-0.1, -0.05) is 25.4 Å². The Bertz CT molecular complexity index is 699. The molecule has 0 saturated carbocycles. The Morgan fingerprint density at radius 3 is 2.63 bits per heavy atom. The van der Waals surface area contributed by atoms with Crippen LogP contribution in [0, 0.1) is 11.8 Å². The Kier molecular flexibility index (Phi) is 6.47. The Labute approximate surface area is 165 Å². The zero-order valence-corrected chi connectivity index (χ0v) is 16.7. The van der Waals surface area contributed by atoms with Crippen molar-refractivity contribution in [3.8, 4) is 11.5 Å². The highest BCUT2D eigenvalue weighted by Gasteiger charge is 2.28. The molecule has 1 N–H and O–H groups in total. The molecule has 1 aromatic carbocycles. The molecule has 0 spiro atoms. The molecule has 0 aliphatic carbocycles. The van der Waals surface area contributed by atoms with Crippen LogP contribution < -0.4 is 14.8 Å². The van der Waals surface area contributed by atoms with Gasteiger partial charge in [-0.15, -0.1) is 0 Å². The van der Waals surface area contributed by atoms with Crippen molar-refractivity contribution in [2.45, 2.75) is 33.1 Å². The number of nitrogens with zero attached hydrogens (tertiary/aromatic N) is 1. The number of benzene rings is 1. The molecule has 1 aromatic rings. The summed E-state index contributed by atoms with van der Waals surface area (Å²) in [6.45, 7) is 6.70. The lowest BCUT2D eigenvalue weighted by Crippen LogP contribution is -2.44. The minimum absolute atomic E-state index is 0.00759. The van der Waals surface area contributed by atoms with Gasteiger partial charge in [0.2, 0.25) is 11.8 Å². The minimum Gasteiger partial charge on any atom is -0.486 e. The van der Waals surface area contributed by atoms with Crippen LogP contribution in [0.2, 0.25) is 5.02 Å². The summed E-state index contributed by atoms with van der Waals surface area (Å²) in [5, 5.41) is 3.55. The van der Waals surface area contributed by atoms with Crippen LogP contribution in [-0.2, 0) is 16.0 Å². The topological polar surface area (TPSA) is 67.9 Å². The fourth-order valence-corrected chi connectivity index (χ4v) is 3.80. The summed E-state index contributed by atoms with van der Waals surface area (Å²) >= 11 is 6.25. The maximum Gasteiger partial charge on any atom is 0.225 e.